The molecule has 5 nitrogen and oxygen atoms in total. The minimum atomic E-state index is 0.527. The van der Waals surface area contributed by atoms with Crippen LogP contribution in [0, 0.1) is 5.41 Å². The molecule has 0 unspecified atom stereocenters. The topological polar surface area (TPSA) is 67.1 Å². The van der Waals surface area contributed by atoms with Gasteiger partial charge in [-0.25, -0.2) is 5.84 Å². The number of anilines is 1. The molecule has 0 aliphatic carbocycles. The molecule has 1 fully saturated rings. The number of nitrogens with two attached hydrogens (primary N) is 1. The Kier molecular flexibility index (Phi) is 3.96. The van der Waals surface area contributed by atoms with E-state index in [1.807, 2.05) is 0 Å². The number of hydrogen-bond donors (Lipinski definition) is 2. The average Bonchev–Trinajstić information content (AvgIpc) is 2.97. The molecule has 1 aromatic heterocycles. The van der Waals surface area contributed by atoms with Crippen LogP contribution in [0.25, 0.3) is 0 Å². The molecule has 0 radical (unpaired) electrons. The van der Waals surface area contributed by atoms with Gasteiger partial charge >= 0.3 is 0 Å². The zero-order valence-electron chi connectivity index (χ0n) is 10.6. The fraction of sp³-hybridized carbons (Fsp3) is 0.818. The number of hydrazine groups is 1. The van der Waals surface area contributed by atoms with Crippen LogP contribution in [0.3, 0.4) is 0 Å². The van der Waals surface area contributed by atoms with Crippen molar-refractivity contribution in [3.05, 3.63) is 5.01 Å². The van der Waals surface area contributed by atoms with Gasteiger partial charge in [0.05, 0.1) is 6.54 Å². The van der Waals surface area contributed by atoms with Crippen molar-refractivity contribution in [2.24, 2.45) is 11.3 Å². The van der Waals surface area contributed by atoms with Crippen molar-refractivity contribution < 1.29 is 0 Å². The number of nitrogens with one attached hydrogen (secondary N) is 1. The van der Waals surface area contributed by atoms with Gasteiger partial charge in [-0.2, -0.15) is 0 Å². The van der Waals surface area contributed by atoms with Crippen LogP contribution in [0.2, 0.25) is 0 Å². The lowest BCUT2D eigenvalue weighted by molar-refractivity contribution is 0.236. The van der Waals surface area contributed by atoms with Crippen LogP contribution in [-0.2, 0) is 6.54 Å². The number of aromatic nitrogens is 2. The zero-order chi connectivity index (χ0) is 12.3. The smallest absolute Gasteiger partial charge is 0.219 e. The largest absolute Gasteiger partial charge is 0.298 e. The third-order valence-corrected chi connectivity index (χ3v) is 4.81. The van der Waals surface area contributed by atoms with Gasteiger partial charge in [0.2, 0.25) is 5.13 Å². The molecular weight excluding hydrogens is 234 g/mol. The van der Waals surface area contributed by atoms with Crippen molar-refractivity contribution in [2.75, 3.05) is 18.5 Å². The molecule has 0 amide bonds. The summed E-state index contributed by atoms with van der Waals surface area (Å²) in [6.07, 6.45) is 3.85. The summed E-state index contributed by atoms with van der Waals surface area (Å²) < 4.78 is 0. The van der Waals surface area contributed by atoms with Gasteiger partial charge in [0, 0.05) is 6.54 Å². The van der Waals surface area contributed by atoms with Gasteiger partial charge in [0.15, 0.2) is 0 Å². The van der Waals surface area contributed by atoms with Crippen LogP contribution in [0.5, 0.6) is 0 Å². The third-order valence-electron chi connectivity index (χ3n) is 3.97. The molecule has 2 rings (SSSR count). The normalized spacial score (nSPS) is 19.7. The van der Waals surface area contributed by atoms with Crippen molar-refractivity contribution in [2.45, 2.75) is 39.7 Å². The van der Waals surface area contributed by atoms with E-state index in [0.717, 1.165) is 11.6 Å². The van der Waals surface area contributed by atoms with E-state index in [1.54, 1.807) is 0 Å². The molecule has 0 bridgehead atoms. The van der Waals surface area contributed by atoms with E-state index < -0.39 is 0 Å². The molecule has 17 heavy (non-hydrogen) atoms. The molecule has 96 valence electrons. The SMILES string of the molecule is CCC1(CC)CCN(Cc2nnc(NN)s2)C1. The van der Waals surface area contributed by atoms with E-state index in [1.165, 1.54) is 43.7 Å². The number of likely N-dealkylation sites (tertiary alicyclic amines) is 1. The van der Waals surface area contributed by atoms with Gasteiger partial charge in [-0.1, -0.05) is 25.2 Å². The van der Waals surface area contributed by atoms with Gasteiger partial charge in [-0.05, 0) is 31.2 Å². The van der Waals surface area contributed by atoms with Gasteiger partial charge in [0.1, 0.15) is 5.01 Å². The number of rotatable bonds is 5. The van der Waals surface area contributed by atoms with E-state index in [2.05, 4.69) is 34.4 Å². The maximum absolute atomic E-state index is 5.30. The molecule has 1 saturated heterocycles. The summed E-state index contributed by atoms with van der Waals surface area (Å²) in [7, 11) is 0. The molecular formula is C11H21N5S. The van der Waals surface area contributed by atoms with E-state index in [0.29, 0.717) is 10.5 Å². The Morgan fingerprint density at radius 2 is 2.18 bits per heavy atom. The van der Waals surface area contributed by atoms with Crippen molar-refractivity contribution >= 4 is 16.5 Å². The highest BCUT2D eigenvalue weighted by Crippen LogP contribution is 2.37. The fourth-order valence-corrected chi connectivity index (χ4v) is 3.25. The lowest BCUT2D eigenvalue weighted by atomic mass is 9.82. The highest BCUT2D eigenvalue weighted by atomic mass is 32.1. The Bertz CT molecular complexity index is 360. The second kappa shape index (κ2) is 5.29. The number of nitrogens with zero attached hydrogens (tertiary/aromatic N) is 3. The molecule has 0 atom stereocenters. The Morgan fingerprint density at radius 3 is 2.71 bits per heavy atom. The van der Waals surface area contributed by atoms with Crippen molar-refractivity contribution in [1.82, 2.24) is 15.1 Å². The van der Waals surface area contributed by atoms with Crippen LogP contribution in [0.4, 0.5) is 5.13 Å². The Labute approximate surface area is 106 Å². The van der Waals surface area contributed by atoms with Gasteiger partial charge in [-0.15, -0.1) is 10.2 Å². The molecule has 0 spiro atoms. The van der Waals surface area contributed by atoms with Crippen LogP contribution in [-0.4, -0.2) is 28.2 Å². The predicted molar refractivity (Wildman–Crippen MR) is 70.6 cm³/mol. The zero-order valence-corrected chi connectivity index (χ0v) is 11.4. The second-order valence-electron chi connectivity index (χ2n) is 4.81. The average molecular weight is 255 g/mol. The standard InChI is InChI=1S/C11H21N5S/c1-3-11(4-2)5-6-16(8-11)7-9-14-15-10(13-12)17-9/h3-8,12H2,1-2H3,(H,13,15). The van der Waals surface area contributed by atoms with Crippen molar-refractivity contribution in [3.63, 3.8) is 0 Å². The molecule has 0 aromatic carbocycles. The van der Waals surface area contributed by atoms with E-state index >= 15 is 0 Å². The highest BCUT2D eigenvalue weighted by Gasteiger charge is 2.34. The molecule has 6 heteroatoms. The second-order valence-corrected chi connectivity index (χ2v) is 5.88. The van der Waals surface area contributed by atoms with Crippen molar-refractivity contribution in [3.8, 4) is 0 Å². The van der Waals surface area contributed by atoms with Crippen LogP contribution < -0.4 is 11.3 Å². The first kappa shape index (κ1) is 12.7. The first-order valence-corrected chi connectivity index (χ1v) is 7.04. The Morgan fingerprint density at radius 1 is 1.41 bits per heavy atom. The summed E-state index contributed by atoms with van der Waals surface area (Å²) in [5.74, 6) is 5.30. The molecule has 1 aliphatic heterocycles. The Hall–Kier alpha value is -0.720. The van der Waals surface area contributed by atoms with Gasteiger partial charge in [0.25, 0.3) is 0 Å². The molecule has 0 saturated carbocycles. The molecule has 3 N–H and O–H groups in total. The first-order valence-electron chi connectivity index (χ1n) is 6.22. The van der Waals surface area contributed by atoms with E-state index in [9.17, 15) is 0 Å². The summed E-state index contributed by atoms with van der Waals surface area (Å²) in [5.41, 5.74) is 3.06. The summed E-state index contributed by atoms with van der Waals surface area (Å²) >= 11 is 1.54. The lowest BCUT2D eigenvalue weighted by Crippen LogP contribution is -2.26. The molecule has 1 aliphatic rings. The predicted octanol–water partition coefficient (Wildman–Crippen LogP) is 1.84. The maximum atomic E-state index is 5.30. The lowest BCUT2D eigenvalue weighted by Gasteiger charge is -2.26. The van der Waals surface area contributed by atoms with Gasteiger partial charge < -0.3 is 0 Å². The Balaban J connectivity index is 1.93. The summed E-state index contributed by atoms with van der Waals surface area (Å²) in [6, 6.07) is 0. The first-order chi connectivity index (χ1) is 8.21. The summed E-state index contributed by atoms with van der Waals surface area (Å²) in [4.78, 5) is 2.48. The van der Waals surface area contributed by atoms with Crippen molar-refractivity contribution in [1.29, 1.82) is 0 Å². The minimum Gasteiger partial charge on any atom is -0.298 e. The molecule has 1 aromatic rings. The highest BCUT2D eigenvalue weighted by molar-refractivity contribution is 7.15. The van der Waals surface area contributed by atoms with E-state index in [4.69, 9.17) is 5.84 Å². The van der Waals surface area contributed by atoms with Crippen LogP contribution >= 0.6 is 11.3 Å². The van der Waals surface area contributed by atoms with Crippen LogP contribution in [0.15, 0.2) is 0 Å². The summed E-state index contributed by atoms with van der Waals surface area (Å²) in [5, 5.41) is 9.83. The van der Waals surface area contributed by atoms with E-state index in [-0.39, 0.29) is 0 Å². The minimum absolute atomic E-state index is 0.527. The van der Waals surface area contributed by atoms with Gasteiger partial charge in [-0.3, -0.25) is 10.3 Å². The van der Waals surface area contributed by atoms with Crippen LogP contribution in [0.1, 0.15) is 38.1 Å². The monoisotopic (exact) mass is 255 g/mol. The molecule has 2 heterocycles. The fourth-order valence-electron chi connectivity index (χ4n) is 2.56. The summed E-state index contributed by atoms with van der Waals surface area (Å²) in [6.45, 7) is 7.86. The quantitative estimate of drug-likeness (QED) is 0.621. The maximum Gasteiger partial charge on any atom is 0.219 e. The number of nitrogen functional groups attached to an aromatic ring is 1. The number of hydrogen-bond acceptors (Lipinski definition) is 6. The third kappa shape index (κ3) is 2.75.